The Labute approximate surface area is 193 Å². The summed E-state index contributed by atoms with van der Waals surface area (Å²) in [6.45, 7) is 0. The van der Waals surface area contributed by atoms with E-state index in [4.69, 9.17) is 27.9 Å². The van der Waals surface area contributed by atoms with Gasteiger partial charge in [0.25, 0.3) is 0 Å². The highest BCUT2D eigenvalue weighted by Crippen LogP contribution is 2.37. The Bertz CT molecular complexity index is 1250. The van der Waals surface area contributed by atoms with Gasteiger partial charge in [0.2, 0.25) is 11.6 Å². The van der Waals surface area contributed by atoms with Gasteiger partial charge in [0.1, 0.15) is 17.8 Å². The summed E-state index contributed by atoms with van der Waals surface area (Å²) >= 11 is 12.2. The number of nitro groups is 1. The second-order valence-electron chi connectivity index (χ2n) is 6.47. The SMILES string of the molecule is O=[N+]([O-])c1c(Nc2ccc(Oc3ccccc3)cc2)ncnc1Nc1cccc(Cl)c1Cl. The highest BCUT2D eigenvalue weighted by atomic mass is 35.5. The molecule has 2 N–H and O–H groups in total. The van der Waals surface area contributed by atoms with E-state index < -0.39 is 4.92 Å². The summed E-state index contributed by atoms with van der Waals surface area (Å²) in [7, 11) is 0. The first-order valence-electron chi connectivity index (χ1n) is 9.31. The van der Waals surface area contributed by atoms with Crippen molar-refractivity contribution in [2.45, 2.75) is 0 Å². The van der Waals surface area contributed by atoms with Crippen molar-refractivity contribution in [3.05, 3.63) is 99.3 Å². The standard InChI is InChI=1S/C22H15Cl2N5O3/c23-17-7-4-8-18(19(17)24)28-22-20(29(30)31)21(25-13-26-22)27-14-9-11-16(12-10-14)32-15-5-2-1-3-6-15/h1-13H,(H2,25,26,27,28). The first kappa shape index (κ1) is 21.4. The van der Waals surface area contributed by atoms with Gasteiger partial charge in [0, 0.05) is 5.69 Å². The van der Waals surface area contributed by atoms with Gasteiger partial charge >= 0.3 is 5.69 Å². The van der Waals surface area contributed by atoms with E-state index in [-0.39, 0.29) is 22.3 Å². The summed E-state index contributed by atoms with van der Waals surface area (Å²) in [5, 5.41) is 18.1. The number of nitrogens with one attached hydrogen (secondary N) is 2. The van der Waals surface area contributed by atoms with Gasteiger partial charge in [0.15, 0.2) is 0 Å². The van der Waals surface area contributed by atoms with Crippen LogP contribution in [0, 0.1) is 10.1 Å². The summed E-state index contributed by atoms with van der Waals surface area (Å²) in [6.07, 6.45) is 1.21. The highest BCUT2D eigenvalue weighted by molar-refractivity contribution is 6.43. The fourth-order valence-electron chi connectivity index (χ4n) is 2.83. The molecule has 0 aliphatic carbocycles. The molecule has 0 spiro atoms. The second kappa shape index (κ2) is 9.51. The minimum absolute atomic E-state index is 0.0161. The number of halogens is 2. The van der Waals surface area contributed by atoms with Crippen molar-refractivity contribution in [3.8, 4) is 11.5 Å². The number of hydrogen-bond acceptors (Lipinski definition) is 7. The van der Waals surface area contributed by atoms with Crippen LogP contribution in [-0.2, 0) is 0 Å². The van der Waals surface area contributed by atoms with Crippen LogP contribution in [-0.4, -0.2) is 14.9 Å². The maximum absolute atomic E-state index is 11.8. The maximum atomic E-state index is 11.8. The number of rotatable bonds is 7. The second-order valence-corrected chi connectivity index (χ2v) is 7.25. The van der Waals surface area contributed by atoms with Gasteiger partial charge in [0.05, 0.1) is 20.7 Å². The van der Waals surface area contributed by atoms with Gasteiger partial charge in [-0.1, -0.05) is 47.5 Å². The monoisotopic (exact) mass is 467 g/mol. The van der Waals surface area contributed by atoms with Crippen molar-refractivity contribution in [3.63, 3.8) is 0 Å². The normalized spacial score (nSPS) is 10.4. The quantitative estimate of drug-likeness (QED) is 0.223. The Hall–Kier alpha value is -3.88. The topological polar surface area (TPSA) is 102 Å². The van der Waals surface area contributed by atoms with Crippen LogP contribution in [0.4, 0.5) is 28.7 Å². The zero-order chi connectivity index (χ0) is 22.5. The molecule has 0 radical (unpaired) electrons. The van der Waals surface area contributed by atoms with E-state index in [9.17, 15) is 10.1 Å². The Balaban J connectivity index is 1.58. The predicted molar refractivity (Wildman–Crippen MR) is 125 cm³/mol. The minimum Gasteiger partial charge on any atom is -0.457 e. The summed E-state index contributed by atoms with van der Waals surface area (Å²) in [6, 6.07) is 21.2. The summed E-state index contributed by atoms with van der Waals surface area (Å²) in [4.78, 5) is 19.3. The van der Waals surface area contributed by atoms with E-state index in [2.05, 4.69) is 20.6 Å². The first-order chi connectivity index (χ1) is 15.5. The first-order valence-corrected chi connectivity index (χ1v) is 10.1. The molecule has 8 nitrogen and oxygen atoms in total. The highest BCUT2D eigenvalue weighted by Gasteiger charge is 2.24. The molecule has 0 saturated carbocycles. The van der Waals surface area contributed by atoms with Gasteiger partial charge < -0.3 is 15.4 Å². The van der Waals surface area contributed by atoms with E-state index >= 15 is 0 Å². The summed E-state index contributed by atoms with van der Waals surface area (Å²) in [5.41, 5.74) is 0.626. The molecular weight excluding hydrogens is 453 g/mol. The molecule has 3 aromatic carbocycles. The van der Waals surface area contributed by atoms with Crippen LogP contribution < -0.4 is 15.4 Å². The van der Waals surface area contributed by atoms with Crippen LogP contribution in [0.1, 0.15) is 0 Å². The smallest absolute Gasteiger partial charge is 0.353 e. The third-order valence-corrected chi connectivity index (χ3v) is 5.12. The van der Waals surface area contributed by atoms with Gasteiger partial charge in [-0.2, -0.15) is 0 Å². The van der Waals surface area contributed by atoms with Crippen molar-refractivity contribution in [1.82, 2.24) is 9.97 Å². The lowest BCUT2D eigenvalue weighted by molar-refractivity contribution is -0.383. The average Bonchev–Trinajstić information content (AvgIpc) is 2.79. The third kappa shape index (κ3) is 4.88. The van der Waals surface area contributed by atoms with Crippen molar-refractivity contribution in [1.29, 1.82) is 0 Å². The molecule has 4 aromatic rings. The molecular formula is C22H15Cl2N5O3. The molecule has 1 heterocycles. The van der Waals surface area contributed by atoms with Crippen LogP contribution in [0.2, 0.25) is 10.0 Å². The Morgan fingerprint density at radius 1 is 0.812 bits per heavy atom. The number of nitrogens with zero attached hydrogens (tertiary/aromatic N) is 3. The number of aromatic nitrogens is 2. The van der Waals surface area contributed by atoms with Crippen LogP contribution in [0.15, 0.2) is 79.1 Å². The molecule has 0 unspecified atom stereocenters. The molecule has 0 saturated heterocycles. The van der Waals surface area contributed by atoms with Crippen LogP contribution in [0.25, 0.3) is 0 Å². The molecule has 0 aliphatic heterocycles. The van der Waals surface area contributed by atoms with E-state index in [1.807, 2.05) is 30.3 Å². The molecule has 0 fully saturated rings. The van der Waals surface area contributed by atoms with E-state index in [1.54, 1.807) is 42.5 Å². The number of benzene rings is 3. The summed E-state index contributed by atoms with van der Waals surface area (Å²) in [5.74, 6) is 1.31. The van der Waals surface area contributed by atoms with Gasteiger partial charge in [-0.3, -0.25) is 10.1 Å². The zero-order valence-electron chi connectivity index (χ0n) is 16.3. The lowest BCUT2D eigenvalue weighted by Crippen LogP contribution is -2.05. The van der Waals surface area contributed by atoms with Crippen molar-refractivity contribution in [2.75, 3.05) is 10.6 Å². The van der Waals surface area contributed by atoms with E-state index in [0.29, 0.717) is 27.9 Å². The molecule has 32 heavy (non-hydrogen) atoms. The third-order valence-electron chi connectivity index (χ3n) is 4.31. The van der Waals surface area contributed by atoms with Gasteiger partial charge in [-0.15, -0.1) is 0 Å². The van der Waals surface area contributed by atoms with Crippen LogP contribution >= 0.6 is 23.2 Å². The lowest BCUT2D eigenvalue weighted by atomic mass is 10.3. The summed E-state index contributed by atoms with van der Waals surface area (Å²) < 4.78 is 5.76. The molecule has 160 valence electrons. The van der Waals surface area contributed by atoms with E-state index in [1.165, 1.54) is 6.33 Å². The molecule has 0 aliphatic rings. The van der Waals surface area contributed by atoms with Crippen LogP contribution in [0.3, 0.4) is 0 Å². The average molecular weight is 468 g/mol. The van der Waals surface area contributed by atoms with E-state index in [0.717, 1.165) is 0 Å². The van der Waals surface area contributed by atoms with Crippen molar-refractivity contribution in [2.24, 2.45) is 0 Å². The molecule has 10 heteroatoms. The van der Waals surface area contributed by atoms with Crippen LogP contribution in [0.5, 0.6) is 11.5 Å². The largest absolute Gasteiger partial charge is 0.457 e. The fourth-order valence-corrected chi connectivity index (χ4v) is 3.18. The number of hydrogen-bond donors (Lipinski definition) is 2. The van der Waals surface area contributed by atoms with Crippen molar-refractivity contribution < 1.29 is 9.66 Å². The minimum atomic E-state index is -0.573. The van der Waals surface area contributed by atoms with Gasteiger partial charge in [-0.25, -0.2) is 9.97 Å². The number of para-hydroxylation sites is 1. The van der Waals surface area contributed by atoms with Crippen molar-refractivity contribution >= 4 is 51.9 Å². The maximum Gasteiger partial charge on any atom is 0.353 e. The molecule has 0 bridgehead atoms. The Morgan fingerprint density at radius 3 is 2.16 bits per heavy atom. The lowest BCUT2D eigenvalue weighted by Gasteiger charge is -2.12. The van der Waals surface area contributed by atoms with Gasteiger partial charge in [-0.05, 0) is 48.5 Å². The predicted octanol–water partition coefficient (Wildman–Crippen LogP) is 6.97. The molecule has 1 aromatic heterocycles. The molecule has 4 rings (SSSR count). The molecule has 0 atom stereocenters. The fraction of sp³-hybridized carbons (Fsp3) is 0. The molecule has 0 amide bonds. The Kier molecular flexibility index (Phi) is 6.34. The zero-order valence-corrected chi connectivity index (χ0v) is 17.8. The number of anilines is 4. The Morgan fingerprint density at radius 2 is 1.47 bits per heavy atom. The number of ether oxygens (including phenoxy) is 1.